The van der Waals surface area contributed by atoms with E-state index < -0.39 is 0 Å². The summed E-state index contributed by atoms with van der Waals surface area (Å²) in [5.74, 6) is 5.56. The summed E-state index contributed by atoms with van der Waals surface area (Å²) in [6, 6.07) is 11.5. The Hall–Kier alpha value is -2.47. The van der Waals surface area contributed by atoms with E-state index in [-0.39, 0.29) is 5.91 Å². The molecule has 0 saturated heterocycles. The van der Waals surface area contributed by atoms with Crippen LogP contribution < -0.4 is 11.3 Å². The monoisotopic (exact) mass is 269 g/mol. The van der Waals surface area contributed by atoms with E-state index in [9.17, 15) is 4.79 Å². The Labute approximate surface area is 116 Å². The van der Waals surface area contributed by atoms with Crippen LogP contribution in [0, 0.1) is 0 Å². The Balaban J connectivity index is 1.78. The van der Waals surface area contributed by atoms with Gasteiger partial charge in [0.15, 0.2) is 11.5 Å². The second-order valence-corrected chi connectivity index (χ2v) is 4.69. The molecule has 0 unspecified atom stereocenters. The van der Waals surface area contributed by atoms with Crippen molar-refractivity contribution < 1.29 is 4.79 Å². The summed E-state index contributed by atoms with van der Waals surface area (Å²) in [7, 11) is 0. The van der Waals surface area contributed by atoms with Gasteiger partial charge in [-0.05, 0) is 29.7 Å². The lowest BCUT2D eigenvalue weighted by Gasteiger charge is -2.28. The first-order valence-electron chi connectivity index (χ1n) is 6.44. The number of hydrogen-bond donors (Lipinski definition) is 2. The minimum atomic E-state index is -0.101. The molecule has 1 amide bonds. The molecule has 0 bridgehead atoms. The van der Waals surface area contributed by atoms with Gasteiger partial charge in [-0.3, -0.25) is 4.79 Å². The molecule has 3 rings (SSSR count). The first-order chi connectivity index (χ1) is 9.78. The standard InChI is InChI=1S/C14H15N5O/c15-16-13-6-5-12(17-18-13)14(20)19-8-7-10-3-1-2-4-11(10)9-19/h1-6H,7-9,15H2,(H,16,18). The van der Waals surface area contributed by atoms with E-state index in [4.69, 9.17) is 5.84 Å². The van der Waals surface area contributed by atoms with Crippen molar-refractivity contribution in [3.05, 3.63) is 53.2 Å². The van der Waals surface area contributed by atoms with Gasteiger partial charge in [0.05, 0.1) is 0 Å². The molecule has 1 aliphatic heterocycles. The van der Waals surface area contributed by atoms with Crippen molar-refractivity contribution in [2.24, 2.45) is 5.84 Å². The van der Waals surface area contributed by atoms with E-state index in [2.05, 4.69) is 27.8 Å². The van der Waals surface area contributed by atoms with Gasteiger partial charge in [-0.1, -0.05) is 24.3 Å². The third-order valence-corrected chi connectivity index (χ3v) is 3.45. The number of carbonyl (C=O) groups is 1. The lowest BCUT2D eigenvalue weighted by molar-refractivity contribution is 0.0727. The Morgan fingerprint density at radius 3 is 2.65 bits per heavy atom. The van der Waals surface area contributed by atoms with Crippen LogP contribution in [-0.4, -0.2) is 27.5 Å². The quantitative estimate of drug-likeness (QED) is 0.626. The number of fused-ring (bicyclic) bond motifs is 1. The Morgan fingerprint density at radius 1 is 1.15 bits per heavy atom. The number of carbonyl (C=O) groups excluding carboxylic acids is 1. The fourth-order valence-corrected chi connectivity index (χ4v) is 2.35. The molecule has 6 heteroatoms. The molecular weight excluding hydrogens is 254 g/mol. The molecule has 6 nitrogen and oxygen atoms in total. The third-order valence-electron chi connectivity index (χ3n) is 3.45. The van der Waals surface area contributed by atoms with Gasteiger partial charge >= 0.3 is 0 Å². The largest absolute Gasteiger partial charge is 0.333 e. The maximum atomic E-state index is 12.4. The summed E-state index contributed by atoms with van der Waals surface area (Å²) in [5, 5.41) is 7.72. The molecule has 0 radical (unpaired) electrons. The number of hydrogen-bond acceptors (Lipinski definition) is 5. The second-order valence-electron chi connectivity index (χ2n) is 4.69. The average molecular weight is 269 g/mol. The van der Waals surface area contributed by atoms with Crippen LogP contribution >= 0.6 is 0 Å². The average Bonchev–Trinajstić information content (AvgIpc) is 2.54. The summed E-state index contributed by atoms with van der Waals surface area (Å²) < 4.78 is 0. The lowest BCUT2D eigenvalue weighted by Crippen LogP contribution is -2.36. The molecule has 3 N–H and O–H groups in total. The van der Waals surface area contributed by atoms with Gasteiger partial charge < -0.3 is 10.3 Å². The highest BCUT2D eigenvalue weighted by Gasteiger charge is 2.22. The van der Waals surface area contributed by atoms with Crippen LogP contribution in [0.15, 0.2) is 36.4 Å². The van der Waals surface area contributed by atoms with Crippen molar-refractivity contribution in [3.63, 3.8) is 0 Å². The van der Waals surface area contributed by atoms with E-state index in [0.717, 1.165) is 6.42 Å². The number of nitrogen functional groups attached to an aromatic ring is 1. The molecule has 0 fully saturated rings. The highest BCUT2D eigenvalue weighted by atomic mass is 16.2. The molecular formula is C14H15N5O. The molecule has 0 spiro atoms. The summed E-state index contributed by atoms with van der Waals surface area (Å²) >= 11 is 0. The minimum absolute atomic E-state index is 0.101. The van der Waals surface area contributed by atoms with Crippen molar-refractivity contribution in [2.75, 3.05) is 12.0 Å². The van der Waals surface area contributed by atoms with Gasteiger partial charge in [0.1, 0.15) is 0 Å². The maximum Gasteiger partial charge on any atom is 0.274 e. The highest BCUT2D eigenvalue weighted by molar-refractivity contribution is 5.92. The van der Waals surface area contributed by atoms with Gasteiger partial charge in [-0.15, -0.1) is 10.2 Å². The second kappa shape index (κ2) is 5.26. The normalized spacial score (nSPS) is 13.8. The van der Waals surface area contributed by atoms with Crippen molar-refractivity contribution >= 4 is 11.7 Å². The lowest BCUT2D eigenvalue weighted by atomic mass is 10.00. The summed E-state index contributed by atoms with van der Waals surface area (Å²) in [5.41, 5.74) is 5.23. The fourth-order valence-electron chi connectivity index (χ4n) is 2.35. The van der Waals surface area contributed by atoms with Crippen LogP contribution in [0.2, 0.25) is 0 Å². The topological polar surface area (TPSA) is 84.1 Å². The minimum Gasteiger partial charge on any atom is -0.333 e. The van der Waals surface area contributed by atoms with Gasteiger partial charge in [0.2, 0.25) is 0 Å². The zero-order valence-corrected chi connectivity index (χ0v) is 10.9. The third kappa shape index (κ3) is 2.33. The van der Waals surface area contributed by atoms with Crippen molar-refractivity contribution in [1.29, 1.82) is 0 Å². The highest BCUT2D eigenvalue weighted by Crippen LogP contribution is 2.19. The van der Waals surface area contributed by atoms with Crippen LogP contribution in [0.1, 0.15) is 21.6 Å². The van der Waals surface area contributed by atoms with Crippen LogP contribution in [0.25, 0.3) is 0 Å². The number of nitrogens with one attached hydrogen (secondary N) is 1. The molecule has 0 aliphatic carbocycles. The number of nitrogens with zero attached hydrogens (tertiary/aromatic N) is 3. The Morgan fingerprint density at radius 2 is 1.95 bits per heavy atom. The zero-order chi connectivity index (χ0) is 13.9. The number of benzene rings is 1. The van der Waals surface area contributed by atoms with Gasteiger partial charge in [-0.2, -0.15) is 0 Å². The van der Waals surface area contributed by atoms with Crippen LogP contribution in [-0.2, 0) is 13.0 Å². The molecule has 0 saturated carbocycles. The van der Waals surface area contributed by atoms with Crippen molar-refractivity contribution in [1.82, 2.24) is 15.1 Å². The molecule has 0 atom stereocenters. The van der Waals surface area contributed by atoms with E-state index >= 15 is 0 Å². The van der Waals surface area contributed by atoms with Crippen molar-refractivity contribution in [3.8, 4) is 0 Å². The predicted molar refractivity (Wildman–Crippen MR) is 74.7 cm³/mol. The smallest absolute Gasteiger partial charge is 0.274 e. The molecule has 1 aliphatic rings. The molecule has 102 valence electrons. The summed E-state index contributed by atoms with van der Waals surface area (Å²) in [4.78, 5) is 14.2. The summed E-state index contributed by atoms with van der Waals surface area (Å²) in [6.07, 6.45) is 0.873. The van der Waals surface area contributed by atoms with Crippen LogP contribution in [0.5, 0.6) is 0 Å². The predicted octanol–water partition coefficient (Wildman–Crippen LogP) is 0.961. The molecule has 20 heavy (non-hydrogen) atoms. The number of anilines is 1. The molecule has 1 aromatic carbocycles. The number of rotatable bonds is 2. The van der Waals surface area contributed by atoms with Crippen LogP contribution in [0.3, 0.4) is 0 Å². The van der Waals surface area contributed by atoms with Crippen LogP contribution in [0.4, 0.5) is 5.82 Å². The Bertz CT molecular complexity index is 626. The first-order valence-corrected chi connectivity index (χ1v) is 6.44. The molecule has 2 heterocycles. The van der Waals surface area contributed by atoms with E-state index in [1.165, 1.54) is 11.1 Å². The van der Waals surface area contributed by atoms with Gasteiger partial charge in [0, 0.05) is 13.1 Å². The molecule has 1 aromatic heterocycles. The van der Waals surface area contributed by atoms with Crippen molar-refractivity contribution in [2.45, 2.75) is 13.0 Å². The number of hydrazine groups is 1. The maximum absolute atomic E-state index is 12.4. The Kier molecular flexibility index (Phi) is 3.30. The van der Waals surface area contributed by atoms with Gasteiger partial charge in [-0.25, -0.2) is 5.84 Å². The fraction of sp³-hybridized carbons (Fsp3) is 0.214. The van der Waals surface area contributed by atoms with E-state index in [1.54, 1.807) is 17.0 Å². The first kappa shape index (κ1) is 12.6. The van der Waals surface area contributed by atoms with E-state index in [1.807, 2.05) is 12.1 Å². The zero-order valence-electron chi connectivity index (χ0n) is 10.9. The molecule has 2 aromatic rings. The number of nitrogens with two attached hydrogens (primary N) is 1. The number of amides is 1. The van der Waals surface area contributed by atoms with Gasteiger partial charge in [0.25, 0.3) is 5.91 Å². The SMILES string of the molecule is NNc1ccc(C(=O)N2CCc3ccccc3C2)nn1. The van der Waals surface area contributed by atoms with E-state index in [0.29, 0.717) is 24.6 Å². The summed E-state index contributed by atoms with van der Waals surface area (Å²) in [6.45, 7) is 1.32. The number of aromatic nitrogens is 2.